The van der Waals surface area contributed by atoms with Crippen LogP contribution in [0.1, 0.15) is 5.56 Å². The van der Waals surface area contributed by atoms with E-state index in [1.807, 2.05) is 30.3 Å². The fourth-order valence-electron chi connectivity index (χ4n) is 6.17. The lowest BCUT2D eigenvalue weighted by molar-refractivity contribution is -0.690. The molecule has 1 aromatic heterocycles. The third-order valence-corrected chi connectivity index (χ3v) is 8.64. The maximum Gasteiger partial charge on any atom is 0.277 e. The van der Waals surface area contributed by atoms with E-state index in [1.54, 1.807) is 10.8 Å². The van der Waals surface area contributed by atoms with Gasteiger partial charge in [-0.1, -0.05) is 30.3 Å². The van der Waals surface area contributed by atoms with Gasteiger partial charge in [0.1, 0.15) is 52.7 Å². The summed E-state index contributed by atoms with van der Waals surface area (Å²) in [5.74, 6) is -71.9. The molecular formula is C35H10BF21N2. The highest BCUT2D eigenvalue weighted by Gasteiger charge is 2.52. The third-order valence-electron chi connectivity index (χ3n) is 8.64. The molecule has 0 saturated carbocycles. The molecule has 0 fully saturated rings. The minimum absolute atomic E-state index is 0.455. The van der Waals surface area contributed by atoms with E-state index in [1.165, 1.54) is 12.4 Å². The first kappa shape index (κ1) is 43.9. The predicted octanol–water partition coefficient (Wildman–Crippen LogP) is 7.40. The Morgan fingerprint density at radius 3 is 0.864 bits per heavy atom. The molecule has 0 aliphatic rings. The molecule has 0 amide bonds. The number of aromatic nitrogens is 2. The molecule has 2 nitrogen and oxygen atoms in total. The highest BCUT2D eigenvalue weighted by Crippen LogP contribution is 2.30. The number of benzene rings is 5. The SMILES string of the molecule is Fc1c(F)c(F)c([B-](c2c(F)c(F)c(F)c(F)c2F)(c2c(F)c(F)c(F)c(F)c2F)c2c(F)c(F)c(F)c(F)c2F)c(F)c1F.Fc1c[n+](Cc2ccccc2)ccn1. The maximum absolute atomic E-state index is 15.4. The summed E-state index contributed by atoms with van der Waals surface area (Å²) in [4.78, 5) is 3.49. The van der Waals surface area contributed by atoms with E-state index in [2.05, 4.69) is 4.98 Å². The Balaban J connectivity index is 0.000000395. The summed E-state index contributed by atoms with van der Waals surface area (Å²) in [6.45, 7) is 0.667. The summed E-state index contributed by atoms with van der Waals surface area (Å²) in [5, 5.41) is 0. The van der Waals surface area contributed by atoms with Crippen LogP contribution in [0.5, 0.6) is 0 Å². The van der Waals surface area contributed by atoms with Crippen molar-refractivity contribution in [1.29, 1.82) is 0 Å². The van der Waals surface area contributed by atoms with Crippen molar-refractivity contribution in [2.24, 2.45) is 0 Å². The van der Waals surface area contributed by atoms with Gasteiger partial charge < -0.3 is 0 Å². The Hall–Kier alpha value is -6.23. The van der Waals surface area contributed by atoms with E-state index in [4.69, 9.17) is 0 Å². The van der Waals surface area contributed by atoms with Gasteiger partial charge in [-0.2, -0.15) is 8.96 Å². The molecule has 6 aromatic rings. The van der Waals surface area contributed by atoms with Crippen molar-refractivity contribution < 1.29 is 96.8 Å². The number of rotatable bonds is 6. The van der Waals surface area contributed by atoms with Crippen LogP contribution in [0, 0.1) is 122 Å². The molecule has 0 bridgehead atoms. The molecule has 0 saturated heterocycles. The van der Waals surface area contributed by atoms with Crippen LogP contribution in [0.3, 0.4) is 0 Å². The predicted molar refractivity (Wildman–Crippen MR) is 159 cm³/mol. The van der Waals surface area contributed by atoms with Crippen molar-refractivity contribution in [3.8, 4) is 0 Å². The Morgan fingerprint density at radius 1 is 0.356 bits per heavy atom. The minimum atomic E-state index is -7.22. The van der Waals surface area contributed by atoms with Crippen molar-refractivity contribution >= 4 is 28.0 Å². The van der Waals surface area contributed by atoms with Crippen molar-refractivity contribution in [1.82, 2.24) is 4.98 Å². The van der Waals surface area contributed by atoms with Crippen molar-refractivity contribution in [3.05, 3.63) is 177 Å². The molecule has 0 aliphatic carbocycles. The van der Waals surface area contributed by atoms with Gasteiger partial charge in [0.15, 0.2) is 82.5 Å². The van der Waals surface area contributed by atoms with Crippen LogP contribution in [-0.2, 0) is 6.54 Å². The van der Waals surface area contributed by atoms with Gasteiger partial charge in [-0.05, 0) is 0 Å². The van der Waals surface area contributed by atoms with Crippen LogP contribution in [-0.4, -0.2) is 11.1 Å². The van der Waals surface area contributed by atoms with Crippen LogP contribution in [0.25, 0.3) is 0 Å². The van der Waals surface area contributed by atoms with E-state index >= 15 is 35.1 Å². The van der Waals surface area contributed by atoms with E-state index in [0.717, 1.165) is 5.56 Å². The normalized spacial score (nSPS) is 11.5. The summed E-state index contributed by atoms with van der Waals surface area (Å²) in [5.41, 5.74) is -13.2. The molecule has 310 valence electrons. The Morgan fingerprint density at radius 2 is 0.610 bits per heavy atom. The van der Waals surface area contributed by atoms with Gasteiger partial charge in [-0.3, -0.25) is 0 Å². The molecule has 6 rings (SSSR count). The molecule has 1 heterocycles. The van der Waals surface area contributed by atoms with Gasteiger partial charge in [0.25, 0.3) is 5.95 Å². The van der Waals surface area contributed by atoms with E-state index < -0.39 is 150 Å². The lowest BCUT2D eigenvalue weighted by Crippen LogP contribution is -2.81. The van der Waals surface area contributed by atoms with Crippen LogP contribution in [0.2, 0.25) is 0 Å². The summed E-state index contributed by atoms with van der Waals surface area (Å²) in [6, 6.07) is 9.90. The zero-order valence-corrected chi connectivity index (χ0v) is 27.7. The van der Waals surface area contributed by atoms with Gasteiger partial charge in [-0.25, -0.2) is 92.8 Å². The minimum Gasteiger partial charge on any atom is -0.217 e. The summed E-state index contributed by atoms with van der Waals surface area (Å²) >= 11 is 0. The molecule has 5 aromatic carbocycles. The van der Waals surface area contributed by atoms with E-state index in [-0.39, 0.29) is 0 Å². The van der Waals surface area contributed by atoms with E-state index in [0.29, 0.717) is 6.54 Å². The topological polar surface area (TPSA) is 16.8 Å². The lowest BCUT2D eigenvalue weighted by Gasteiger charge is -2.44. The first-order valence-electron chi connectivity index (χ1n) is 15.3. The maximum atomic E-state index is 15.4. The second kappa shape index (κ2) is 16.2. The highest BCUT2D eigenvalue weighted by molar-refractivity contribution is 7.20. The van der Waals surface area contributed by atoms with Gasteiger partial charge in [0.2, 0.25) is 6.20 Å². The van der Waals surface area contributed by atoms with E-state index in [9.17, 15) is 57.1 Å². The number of halogens is 21. The van der Waals surface area contributed by atoms with Gasteiger partial charge in [-0.15, -0.1) is 21.9 Å². The number of nitrogens with zero attached hydrogens (tertiary/aromatic N) is 2. The lowest BCUT2D eigenvalue weighted by atomic mass is 9.12. The molecule has 0 N–H and O–H groups in total. The zero-order chi connectivity index (χ0) is 44.2. The third kappa shape index (κ3) is 6.96. The molecule has 0 unspecified atom stereocenters. The fourth-order valence-corrected chi connectivity index (χ4v) is 6.17. The summed E-state index contributed by atoms with van der Waals surface area (Å²) in [6.07, 6.45) is -2.63. The second-order valence-corrected chi connectivity index (χ2v) is 11.8. The first-order valence-corrected chi connectivity index (χ1v) is 15.3. The summed E-state index contributed by atoms with van der Waals surface area (Å²) in [7, 11) is 0. The monoisotopic (exact) mass is 868 g/mol. The Labute approximate surface area is 313 Å². The van der Waals surface area contributed by atoms with Gasteiger partial charge in [0.05, 0.1) is 6.20 Å². The van der Waals surface area contributed by atoms with Crippen LogP contribution < -0.4 is 26.4 Å². The standard InChI is InChI=1S/C24BF20.C11H10FN2/c26-5-1(6(27)14(35)21(42)13(5)34)25(2-7(28)15(36)22(43)16(37)8(2)29,3-9(30)17(38)23(44)18(39)10(3)31)4-11(32)19(40)24(45)20(41)12(4)33;12-11-9-14(7-6-13-11)8-10-4-2-1-3-5-10/h;1-7,9H,8H2/q-1;+1. The molecule has 0 aliphatic heterocycles. The average molecular weight is 868 g/mol. The quantitative estimate of drug-likeness (QED) is 0.0561. The molecule has 0 atom stereocenters. The smallest absolute Gasteiger partial charge is 0.217 e. The molecule has 59 heavy (non-hydrogen) atoms. The Bertz CT molecular complexity index is 2280. The molecule has 0 spiro atoms. The molecule has 0 radical (unpaired) electrons. The zero-order valence-electron chi connectivity index (χ0n) is 27.7. The van der Waals surface area contributed by atoms with Crippen LogP contribution >= 0.6 is 0 Å². The van der Waals surface area contributed by atoms with Crippen molar-refractivity contribution in [2.75, 3.05) is 0 Å². The number of hydrogen-bond acceptors (Lipinski definition) is 1. The molecular weight excluding hydrogens is 858 g/mol. The largest absolute Gasteiger partial charge is 0.277 e. The molecule has 24 heteroatoms. The fraction of sp³-hybridized carbons (Fsp3) is 0.0286. The van der Waals surface area contributed by atoms with Crippen LogP contribution in [0.15, 0.2) is 48.9 Å². The van der Waals surface area contributed by atoms with Crippen molar-refractivity contribution in [3.63, 3.8) is 0 Å². The number of hydrogen-bond donors (Lipinski definition) is 0. The Kier molecular flexibility index (Phi) is 12.1. The first-order chi connectivity index (χ1) is 27.5. The van der Waals surface area contributed by atoms with Crippen molar-refractivity contribution in [2.45, 2.75) is 6.54 Å². The van der Waals surface area contributed by atoms with Gasteiger partial charge >= 0.3 is 0 Å². The summed E-state index contributed by atoms with van der Waals surface area (Å²) < 4.78 is 308. The van der Waals surface area contributed by atoms with Gasteiger partial charge in [0, 0.05) is 5.56 Å². The second-order valence-electron chi connectivity index (χ2n) is 11.8. The van der Waals surface area contributed by atoms with Crippen LogP contribution in [0.4, 0.5) is 92.2 Å². The average Bonchev–Trinajstić information content (AvgIpc) is 3.21. The highest BCUT2D eigenvalue weighted by atomic mass is 19.2.